The Hall–Kier alpha value is -1.30. The number of rotatable bonds is 5. The highest BCUT2D eigenvalue weighted by Gasteiger charge is 2.38. The van der Waals surface area contributed by atoms with Gasteiger partial charge in [-0.3, -0.25) is 4.79 Å². The highest BCUT2D eigenvalue weighted by Crippen LogP contribution is 2.30. The van der Waals surface area contributed by atoms with Gasteiger partial charge in [-0.1, -0.05) is 13.8 Å². The summed E-state index contributed by atoms with van der Waals surface area (Å²) >= 11 is 0. The van der Waals surface area contributed by atoms with E-state index in [2.05, 4.69) is 24.5 Å². The van der Waals surface area contributed by atoms with Crippen LogP contribution < -0.4 is 10.6 Å². The maximum atomic E-state index is 12.2. The van der Waals surface area contributed by atoms with Crippen molar-refractivity contribution in [3.63, 3.8) is 0 Å². The first kappa shape index (κ1) is 19.0. The number of amides is 2. The highest BCUT2D eigenvalue weighted by atomic mass is 16.6. The summed E-state index contributed by atoms with van der Waals surface area (Å²) in [4.78, 5) is 25.7. The van der Waals surface area contributed by atoms with Gasteiger partial charge in [-0.15, -0.1) is 0 Å². The van der Waals surface area contributed by atoms with E-state index in [1.165, 1.54) is 0 Å². The van der Waals surface area contributed by atoms with Crippen molar-refractivity contribution in [2.75, 3.05) is 26.2 Å². The zero-order valence-corrected chi connectivity index (χ0v) is 15.8. The second kappa shape index (κ2) is 7.30. The van der Waals surface area contributed by atoms with Crippen LogP contribution in [0.3, 0.4) is 0 Å². The molecule has 2 N–H and O–H groups in total. The smallest absolute Gasteiger partial charge is 0.410 e. The molecule has 0 radical (unpaired) electrons. The maximum Gasteiger partial charge on any atom is 0.410 e. The summed E-state index contributed by atoms with van der Waals surface area (Å²) in [5, 5.41) is 6.52. The molecule has 138 valence electrons. The van der Waals surface area contributed by atoms with E-state index >= 15 is 0 Å². The largest absolute Gasteiger partial charge is 0.444 e. The van der Waals surface area contributed by atoms with E-state index in [1.54, 1.807) is 4.90 Å². The minimum absolute atomic E-state index is 0.0321. The van der Waals surface area contributed by atoms with Crippen LogP contribution in [0.25, 0.3) is 0 Å². The molecule has 2 aliphatic rings. The molecule has 24 heavy (non-hydrogen) atoms. The van der Waals surface area contributed by atoms with Gasteiger partial charge in [0.05, 0.1) is 0 Å². The van der Waals surface area contributed by atoms with Crippen LogP contribution in [0.2, 0.25) is 0 Å². The number of hydrogen-bond acceptors (Lipinski definition) is 4. The maximum absolute atomic E-state index is 12.2. The van der Waals surface area contributed by atoms with Gasteiger partial charge in [0.1, 0.15) is 5.60 Å². The lowest BCUT2D eigenvalue weighted by molar-refractivity contribution is -0.122. The van der Waals surface area contributed by atoms with Crippen LogP contribution in [0.1, 0.15) is 53.9 Å². The molecule has 0 spiro atoms. The van der Waals surface area contributed by atoms with Gasteiger partial charge >= 0.3 is 6.09 Å². The van der Waals surface area contributed by atoms with Crippen molar-refractivity contribution in [2.45, 2.75) is 65.5 Å². The molecule has 1 aliphatic carbocycles. The van der Waals surface area contributed by atoms with E-state index in [-0.39, 0.29) is 23.3 Å². The van der Waals surface area contributed by atoms with E-state index in [0.29, 0.717) is 25.7 Å². The number of ether oxygens (including phenoxy) is 1. The van der Waals surface area contributed by atoms with Crippen LogP contribution >= 0.6 is 0 Å². The number of carbonyl (C=O) groups is 2. The lowest BCUT2D eigenvalue weighted by atomic mass is 9.79. The Bertz CT molecular complexity index is 467. The summed E-state index contributed by atoms with van der Waals surface area (Å²) in [6.45, 7) is 12.8. The minimum atomic E-state index is -0.462. The first-order valence-electron chi connectivity index (χ1n) is 9.07. The van der Waals surface area contributed by atoms with Crippen LogP contribution in [-0.4, -0.2) is 54.7 Å². The van der Waals surface area contributed by atoms with Gasteiger partial charge in [0.15, 0.2) is 0 Å². The predicted octanol–water partition coefficient (Wildman–Crippen LogP) is 2.14. The topological polar surface area (TPSA) is 70.7 Å². The fraction of sp³-hybridized carbons (Fsp3) is 0.889. The Labute approximate surface area is 145 Å². The molecule has 0 aromatic rings. The summed E-state index contributed by atoms with van der Waals surface area (Å²) in [5.41, 5.74) is -0.494. The number of hydrogen-bond donors (Lipinski definition) is 2. The number of carbonyl (C=O) groups excluding carboxylic acids is 2. The van der Waals surface area contributed by atoms with E-state index < -0.39 is 5.60 Å². The van der Waals surface area contributed by atoms with Gasteiger partial charge in [-0.2, -0.15) is 0 Å². The number of nitrogens with one attached hydrogen (secondary N) is 2. The molecule has 1 unspecified atom stereocenters. The van der Waals surface area contributed by atoms with Crippen molar-refractivity contribution < 1.29 is 14.3 Å². The number of piperidine rings is 1. The van der Waals surface area contributed by atoms with E-state index in [9.17, 15) is 9.59 Å². The summed E-state index contributed by atoms with van der Waals surface area (Å²) in [5.74, 6) is 0.453. The van der Waals surface area contributed by atoms with Crippen LogP contribution in [-0.2, 0) is 9.53 Å². The van der Waals surface area contributed by atoms with Crippen LogP contribution in [0, 0.1) is 11.3 Å². The molecule has 2 rings (SSSR count). The minimum Gasteiger partial charge on any atom is -0.444 e. The standard InChI is InChI=1S/C18H33N3O3/c1-17(2,3)24-16(23)21-11-8-14(18(4,5)12-21)19-9-10-20-15(22)13-6-7-13/h13-14,19H,6-12H2,1-5H3,(H,20,22). The SMILES string of the molecule is CC(C)(C)OC(=O)N1CCC(NCCNC(=O)C2CC2)C(C)(C)C1. The molecule has 2 fully saturated rings. The van der Waals surface area contributed by atoms with Crippen molar-refractivity contribution in [1.29, 1.82) is 0 Å². The summed E-state index contributed by atoms with van der Waals surface area (Å²) < 4.78 is 5.48. The first-order valence-corrected chi connectivity index (χ1v) is 9.07. The molecule has 1 aliphatic heterocycles. The average Bonchev–Trinajstić information content (AvgIpc) is 3.26. The summed E-state index contributed by atoms with van der Waals surface area (Å²) in [6, 6.07) is 0.328. The summed E-state index contributed by atoms with van der Waals surface area (Å²) in [7, 11) is 0. The summed E-state index contributed by atoms with van der Waals surface area (Å²) in [6.07, 6.45) is 2.74. The van der Waals surface area contributed by atoms with Gasteiger partial charge in [0.25, 0.3) is 0 Å². The number of likely N-dealkylation sites (tertiary alicyclic amines) is 1. The Kier molecular flexibility index (Phi) is 5.78. The number of nitrogens with zero attached hydrogens (tertiary/aromatic N) is 1. The van der Waals surface area contributed by atoms with Gasteiger partial charge in [-0.05, 0) is 45.4 Å². The van der Waals surface area contributed by atoms with Gasteiger partial charge in [0, 0.05) is 38.1 Å². The Balaban J connectivity index is 1.74. The Morgan fingerprint density at radius 3 is 2.38 bits per heavy atom. The molecule has 6 heteroatoms. The predicted molar refractivity (Wildman–Crippen MR) is 93.7 cm³/mol. The Morgan fingerprint density at radius 1 is 1.17 bits per heavy atom. The lowest BCUT2D eigenvalue weighted by Gasteiger charge is -2.44. The van der Waals surface area contributed by atoms with Crippen molar-refractivity contribution >= 4 is 12.0 Å². The van der Waals surface area contributed by atoms with Crippen molar-refractivity contribution in [3.05, 3.63) is 0 Å². The Morgan fingerprint density at radius 2 is 1.83 bits per heavy atom. The normalized spacial score (nSPS) is 23.7. The molecule has 2 amide bonds. The molecule has 1 heterocycles. The van der Waals surface area contributed by atoms with Crippen LogP contribution in [0.4, 0.5) is 4.79 Å². The molecule has 0 bridgehead atoms. The van der Waals surface area contributed by atoms with Crippen LogP contribution in [0.15, 0.2) is 0 Å². The second-order valence-electron chi connectivity index (χ2n) is 8.75. The fourth-order valence-electron chi connectivity index (χ4n) is 3.14. The first-order chi connectivity index (χ1) is 11.1. The zero-order valence-electron chi connectivity index (χ0n) is 15.8. The average molecular weight is 339 g/mol. The van der Waals surface area contributed by atoms with Gasteiger partial charge < -0.3 is 20.3 Å². The lowest BCUT2D eigenvalue weighted by Crippen LogP contribution is -2.57. The molecule has 1 atom stereocenters. The molecular formula is C18H33N3O3. The van der Waals surface area contributed by atoms with E-state index in [4.69, 9.17) is 4.74 Å². The molecule has 0 aromatic heterocycles. The van der Waals surface area contributed by atoms with Crippen LogP contribution in [0.5, 0.6) is 0 Å². The third-order valence-electron chi connectivity index (χ3n) is 4.64. The third-order valence-corrected chi connectivity index (χ3v) is 4.64. The van der Waals surface area contributed by atoms with Crippen molar-refractivity contribution in [2.24, 2.45) is 11.3 Å². The molecule has 6 nitrogen and oxygen atoms in total. The highest BCUT2D eigenvalue weighted by molar-refractivity contribution is 5.80. The molecule has 0 aromatic carbocycles. The fourth-order valence-corrected chi connectivity index (χ4v) is 3.14. The molecule has 1 saturated heterocycles. The van der Waals surface area contributed by atoms with Gasteiger partial charge in [-0.25, -0.2) is 4.79 Å². The van der Waals surface area contributed by atoms with Crippen molar-refractivity contribution in [3.8, 4) is 0 Å². The van der Waals surface area contributed by atoms with E-state index in [0.717, 1.165) is 25.8 Å². The van der Waals surface area contributed by atoms with E-state index in [1.807, 2.05) is 20.8 Å². The zero-order chi connectivity index (χ0) is 18.0. The van der Waals surface area contributed by atoms with Crippen molar-refractivity contribution in [1.82, 2.24) is 15.5 Å². The van der Waals surface area contributed by atoms with Gasteiger partial charge in [0.2, 0.25) is 5.91 Å². The second-order valence-corrected chi connectivity index (χ2v) is 8.75. The monoisotopic (exact) mass is 339 g/mol. The third kappa shape index (κ3) is 5.65. The quantitative estimate of drug-likeness (QED) is 0.753. The molecular weight excluding hydrogens is 306 g/mol. The molecule has 1 saturated carbocycles.